The van der Waals surface area contributed by atoms with E-state index in [9.17, 15) is 4.79 Å². The number of aromatic amines is 1. The second-order valence-electron chi connectivity index (χ2n) is 4.43. The van der Waals surface area contributed by atoms with E-state index < -0.39 is 5.54 Å². The van der Waals surface area contributed by atoms with E-state index in [1.54, 1.807) is 0 Å². The lowest BCUT2D eigenvalue weighted by Crippen LogP contribution is -2.45. The summed E-state index contributed by atoms with van der Waals surface area (Å²) in [4.78, 5) is 11.8. The Morgan fingerprint density at radius 2 is 2.17 bits per heavy atom. The molecule has 2 rings (SSSR count). The van der Waals surface area contributed by atoms with Crippen molar-refractivity contribution in [3.63, 3.8) is 0 Å². The number of hydrogen-bond donors (Lipinski definition) is 3. The number of rotatable bonds is 5. The van der Waals surface area contributed by atoms with Crippen LogP contribution >= 0.6 is 12.4 Å². The molecule has 1 aliphatic rings. The molecule has 1 saturated carbocycles. The fraction of sp³-hybridized carbons (Fsp3) is 0.800. The van der Waals surface area contributed by atoms with Crippen LogP contribution in [0.2, 0.25) is 0 Å². The molecule has 1 amide bonds. The molecular formula is C10H19ClN6O. The van der Waals surface area contributed by atoms with Gasteiger partial charge in [-0.25, -0.2) is 0 Å². The van der Waals surface area contributed by atoms with Crippen LogP contribution in [0.4, 0.5) is 0 Å². The quantitative estimate of drug-likeness (QED) is 0.709. The zero-order chi connectivity index (χ0) is 12.1. The molecule has 0 spiro atoms. The average Bonchev–Trinajstić information content (AvgIpc) is 2.96. The lowest BCUT2D eigenvalue weighted by molar-refractivity contribution is -0.123. The Morgan fingerprint density at radius 3 is 2.72 bits per heavy atom. The molecule has 102 valence electrons. The Labute approximate surface area is 112 Å². The summed E-state index contributed by atoms with van der Waals surface area (Å²) in [6, 6.07) is 0. The van der Waals surface area contributed by atoms with Gasteiger partial charge in [-0.05, 0) is 19.9 Å². The molecule has 0 unspecified atom stereocenters. The van der Waals surface area contributed by atoms with Crippen LogP contribution in [0, 0.1) is 0 Å². The smallest absolute Gasteiger partial charge is 0.222 e. The van der Waals surface area contributed by atoms with Crippen molar-refractivity contribution in [1.82, 2.24) is 31.3 Å². The highest BCUT2D eigenvalue weighted by Crippen LogP contribution is 2.36. The third-order valence-electron chi connectivity index (χ3n) is 3.21. The summed E-state index contributed by atoms with van der Waals surface area (Å²) in [5, 5.41) is 20.1. The maximum absolute atomic E-state index is 11.8. The number of carbonyl (C=O) groups is 1. The maximum atomic E-state index is 11.8. The Hall–Kier alpha value is -1.21. The van der Waals surface area contributed by atoms with Gasteiger partial charge in [-0.1, -0.05) is 18.1 Å². The minimum atomic E-state index is -0.405. The van der Waals surface area contributed by atoms with E-state index in [0.717, 1.165) is 25.7 Å². The van der Waals surface area contributed by atoms with Gasteiger partial charge in [-0.2, -0.15) is 5.21 Å². The summed E-state index contributed by atoms with van der Waals surface area (Å²) in [5.41, 5.74) is -0.405. The number of nitrogens with one attached hydrogen (secondary N) is 3. The molecule has 1 aromatic heterocycles. The van der Waals surface area contributed by atoms with Gasteiger partial charge in [0.2, 0.25) is 5.91 Å². The lowest BCUT2D eigenvalue weighted by Gasteiger charge is -2.26. The van der Waals surface area contributed by atoms with Crippen LogP contribution in [0.25, 0.3) is 0 Å². The van der Waals surface area contributed by atoms with Crippen LogP contribution in [0.1, 0.15) is 37.9 Å². The highest BCUT2D eigenvalue weighted by Gasteiger charge is 2.40. The van der Waals surface area contributed by atoms with Gasteiger partial charge >= 0.3 is 0 Å². The number of halogens is 1. The third kappa shape index (κ3) is 3.17. The summed E-state index contributed by atoms with van der Waals surface area (Å²) < 4.78 is 0. The molecule has 1 aromatic rings. The summed E-state index contributed by atoms with van der Waals surface area (Å²) in [5.74, 6) is 0.638. The van der Waals surface area contributed by atoms with Crippen LogP contribution in [-0.2, 0) is 10.3 Å². The predicted molar refractivity (Wildman–Crippen MR) is 68.3 cm³/mol. The molecule has 8 heteroatoms. The Kier molecular flexibility index (Phi) is 5.49. The van der Waals surface area contributed by atoms with E-state index in [-0.39, 0.29) is 18.3 Å². The van der Waals surface area contributed by atoms with Gasteiger partial charge in [0, 0.05) is 13.0 Å². The second-order valence-corrected chi connectivity index (χ2v) is 4.43. The fourth-order valence-electron chi connectivity index (χ4n) is 2.32. The summed E-state index contributed by atoms with van der Waals surface area (Å²) in [6.45, 7) is 0.675. The van der Waals surface area contributed by atoms with E-state index in [1.807, 2.05) is 7.05 Å². The maximum Gasteiger partial charge on any atom is 0.222 e. The molecule has 18 heavy (non-hydrogen) atoms. The number of nitrogens with zero attached hydrogens (tertiary/aromatic N) is 3. The van der Waals surface area contributed by atoms with Gasteiger partial charge in [-0.15, -0.1) is 22.6 Å². The first-order valence-corrected chi connectivity index (χ1v) is 5.96. The first-order chi connectivity index (χ1) is 8.27. The summed E-state index contributed by atoms with van der Waals surface area (Å²) >= 11 is 0. The Balaban J connectivity index is 0.00000162. The van der Waals surface area contributed by atoms with E-state index in [1.165, 1.54) is 0 Å². The number of aromatic nitrogens is 4. The topological polar surface area (TPSA) is 95.6 Å². The molecule has 1 aliphatic carbocycles. The molecule has 3 N–H and O–H groups in total. The number of tetrazole rings is 1. The Morgan fingerprint density at radius 1 is 1.44 bits per heavy atom. The summed E-state index contributed by atoms with van der Waals surface area (Å²) in [6.07, 6.45) is 4.41. The van der Waals surface area contributed by atoms with E-state index >= 15 is 0 Å². The average molecular weight is 275 g/mol. The van der Waals surface area contributed by atoms with Crippen LogP contribution in [-0.4, -0.2) is 40.1 Å². The monoisotopic (exact) mass is 274 g/mol. The van der Waals surface area contributed by atoms with Gasteiger partial charge in [0.15, 0.2) is 5.82 Å². The fourth-order valence-corrected chi connectivity index (χ4v) is 2.32. The highest BCUT2D eigenvalue weighted by molar-refractivity contribution is 5.85. The van der Waals surface area contributed by atoms with Crippen molar-refractivity contribution in [2.24, 2.45) is 0 Å². The first kappa shape index (κ1) is 14.8. The van der Waals surface area contributed by atoms with Crippen molar-refractivity contribution in [2.45, 2.75) is 37.6 Å². The van der Waals surface area contributed by atoms with Crippen molar-refractivity contribution in [3.8, 4) is 0 Å². The third-order valence-corrected chi connectivity index (χ3v) is 3.21. The van der Waals surface area contributed by atoms with E-state index in [0.29, 0.717) is 18.8 Å². The van der Waals surface area contributed by atoms with Crippen molar-refractivity contribution < 1.29 is 4.79 Å². The van der Waals surface area contributed by atoms with Gasteiger partial charge in [-0.3, -0.25) is 4.79 Å². The van der Waals surface area contributed by atoms with Crippen LogP contribution in [0.5, 0.6) is 0 Å². The molecule has 0 radical (unpaired) electrons. The normalized spacial score (nSPS) is 17.2. The lowest BCUT2D eigenvalue weighted by atomic mass is 9.96. The second kappa shape index (κ2) is 6.65. The summed E-state index contributed by atoms with van der Waals surface area (Å²) in [7, 11) is 1.83. The number of hydrogen-bond acceptors (Lipinski definition) is 5. The van der Waals surface area contributed by atoms with E-state index in [2.05, 4.69) is 31.3 Å². The molecule has 1 fully saturated rings. The molecule has 0 saturated heterocycles. The molecule has 0 aromatic carbocycles. The highest BCUT2D eigenvalue weighted by atomic mass is 35.5. The minimum Gasteiger partial charge on any atom is -0.343 e. The van der Waals surface area contributed by atoms with Crippen LogP contribution in [0.3, 0.4) is 0 Å². The van der Waals surface area contributed by atoms with Crippen LogP contribution in [0.15, 0.2) is 0 Å². The number of H-pyrrole nitrogens is 1. The number of amides is 1. The van der Waals surface area contributed by atoms with Gasteiger partial charge in [0.05, 0.1) is 0 Å². The standard InChI is InChI=1S/C10H18N6O.ClH/c1-11-7-4-8(17)12-10(5-2-3-6-10)9-13-15-16-14-9;/h11H,2-7H2,1H3,(H,12,17)(H,13,14,15,16);1H. The van der Waals surface area contributed by atoms with Gasteiger partial charge in [0.1, 0.15) is 5.54 Å². The van der Waals surface area contributed by atoms with Gasteiger partial charge in [0.25, 0.3) is 0 Å². The minimum absolute atomic E-state index is 0. The predicted octanol–water partition coefficient (Wildman–Crippen LogP) is 0.116. The molecule has 0 atom stereocenters. The number of carbonyl (C=O) groups excluding carboxylic acids is 1. The van der Waals surface area contributed by atoms with Crippen molar-refractivity contribution in [2.75, 3.05) is 13.6 Å². The van der Waals surface area contributed by atoms with Crippen LogP contribution < -0.4 is 10.6 Å². The largest absolute Gasteiger partial charge is 0.343 e. The van der Waals surface area contributed by atoms with Gasteiger partial charge < -0.3 is 10.6 Å². The van der Waals surface area contributed by atoms with Crippen molar-refractivity contribution in [1.29, 1.82) is 0 Å². The zero-order valence-corrected chi connectivity index (χ0v) is 11.2. The molecule has 0 bridgehead atoms. The van der Waals surface area contributed by atoms with Crippen molar-refractivity contribution in [3.05, 3.63) is 5.82 Å². The molecule has 1 heterocycles. The first-order valence-electron chi connectivity index (χ1n) is 5.96. The van der Waals surface area contributed by atoms with Crippen molar-refractivity contribution >= 4 is 18.3 Å². The Bertz CT molecular complexity index is 362. The molecule has 0 aliphatic heterocycles. The zero-order valence-electron chi connectivity index (χ0n) is 10.4. The molecular weight excluding hydrogens is 256 g/mol. The SMILES string of the molecule is CNCCC(=O)NC1(c2nn[nH]n2)CCCC1.Cl. The van der Waals surface area contributed by atoms with E-state index in [4.69, 9.17) is 0 Å². The molecule has 7 nitrogen and oxygen atoms in total.